The second kappa shape index (κ2) is 8.29. The van der Waals surface area contributed by atoms with E-state index in [-0.39, 0.29) is 6.04 Å². The third kappa shape index (κ3) is 4.46. The molecule has 1 fully saturated rings. The molecule has 3 aromatic carbocycles. The number of anilines is 1. The van der Waals surface area contributed by atoms with Crippen LogP contribution in [0, 0.1) is 0 Å². The van der Waals surface area contributed by atoms with Crippen molar-refractivity contribution in [3.05, 3.63) is 102 Å². The Balaban J connectivity index is 1.53. The molecule has 0 amide bonds. The van der Waals surface area contributed by atoms with Gasteiger partial charge in [-0.15, -0.1) is 0 Å². The van der Waals surface area contributed by atoms with Crippen LogP contribution >= 0.6 is 0 Å². The summed E-state index contributed by atoms with van der Waals surface area (Å²) in [6.07, 6.45) is -4.32. The Morgan fingerprint density at radius 3 is 1.72 bits per heavy atom. The van der Waals surface area contributed by atoms with Crippen molar-refractivity contribution >= 4 is 5.69 Å². The fourth-order valence-corrected chi connectivity index (χ4v) is 4.00. The van der Waals surface area contributed by atoms with Crippen LogP contribution in [0.3, 0.4) is 0 Å². The first-order valence-electron chi connectivity index (χ1n) is 9.78. The van der Waals surface area contributed by atoms with E-state index in [1.54, 1.807) is 6.07 Å². The quantitative estimate of drug-likeness (QED) is 0.565. The van der Waals surface area contributed by atoms with E-state index in [0.717, 1.165) is 19.2 Å². The Bertz CT molecular complexity index is 878. The van der Waals surface area contributed by atoms with E-state index in [0.29, 0.717) is 18.8 Å². The maximum atomic E-state index is 13.1. The van der Waals surface area contributed by atoms with E-state index in [1.807, 2.05) is 41.3 Å². The Labute approximate surface area is 169 Å². The van der Waals surface area contributed by atoms with E-state index in [9.17, 15) is 13.2 Å². The van der Waals surface area contributed by atoms with E-state index in [2.05, 4.69) is 29.2 Å². The fraction of sp³-hybridized carbons (Fsp3) is 0.250. The molecule has 0 aliphatic carbocycles. The molecule has 5 heteroatoms. The van der Waals surface area contributed by atoms with Crippen molar-refractivity contribution in [3.8, 4) is 0 Å². The minimum absolute atomic E-state index is 0.140. The highest BCUT2D eigenvalue weighted by Crippen LogP contribution is 2.33. The number of nitrogens with zero attached hydrogens (tertiary/aromatic N) is 2. The summed E-state index contributed by atoms with van der Waals surface area (Å²) in [6.45, 7) is 2.95. The normalized spacial score (nSPS) is 15.7. The third-order valence-electron chi connectivity index (χ3n) is 5.45. The van der Waals surface area contributed by atoms with Gasteiger partial charge in [-0.25, -0.2) is 0 Å². The molecular weight excluding hydrogens is 373 g/mol. The molecule has 0 radical (unpaired) electrons. The van der Waals surface area contributed by atoms with Crippen molar-refractivity contribution in [2.45, 2.75) is 12.2 Å². The van der Waals surface area contributed by atoms with Crippen molar-refractivity contribution < 1.29 is 13.2 Å². The van der Waals surface area contributed by atoms with Gasteiger partial charge in [0, 0.05) is 31.9 Å². The highest BCUT2D eigenvalue weighted by molar-refractivity contribution is 5.50. The maximum absolute atomic E-state index is 13.1. The molecule has 0 aromatic heterocycles. The van der Waals surface area contributed by atoms with Gasteiger partial charge in [-0.1, -0.05) is 66.7 Å². The average Bonchev–Trinajstić information content (AvgIpc) is 2.76. The third-order valence-corrected chi connectivity index (χ3v) is 5.45. The SMILES string of the molecule is FC(F)(F)c1cccc(N2CCN(C(c3ccccc3)c3ccccc3)CC2)c1. The number of rotatable bonds is 4. The minimum atomic E-state index is -4.32. The molecule has 0 N–H and O–H groups in total. The van der Waals surface area contributed by atoms with E-state index < -0.39 is 11.7 Å². The molecule has 2 nitrogen and oxygen atoms in total. The molecule has 1 heterocycles. The molecule has 3 aromatic rings. The number of alkyl halides is 3. The zero-order valence-corrected chi connectivity index (χ0v) is 16.0. The van der Waals surface area contributed by atoms with Gasteiger partial charge in [-0.2, -0.15) is 13.2 Å². The van der Waals surface area contributed by atoms with Gasteiger partial charge in [0.2, 0.25) is 0 Å². The highest BCUT2D eigenvalue weighted by atomic mass is 19.4. The smallest absolute Gasteiger partial charge is 0.369 e. The molecule has 0 unspecified atom stereocenters. The number of hydrogen-bond acceptors (Lipinski definition) is 2. The molecule has 0 bridgehead atoms. The lowest BCUT2D eigenvalue weighted by molar-refractivity contribution is -0.137. The van der Waals surface area contributed by atoms with Gasteiger partial charge in [0.25, 0.3) is 0 Å². The van der Waals surface area contributed by atoms with Crippen LogP contribution in [0.1, 0.15) is 22.7 Å². The zero-order valence-electron chi connectivity index (χ0n) is 16.0. The van der Waals surface area contributed by atoms with Crippen LogP contribution in [0.2, 0.25) is 0 Å². The zero-order chi connectivity index (χ0) is 20.3. The van der Waals surface area contributed by atoms with E-state index in [1.165, 1.54) is 23.3 Å². The molecule has 1 saturated heterocycles. The van der Waals surface area contributed by atoms with E-state index in [4.69, 9.17) is 0 Å². The molecule has 0 saturated carbocycles. The molecule has 0 spiro atoms. The topological polar surface area (TPSA) is 6.48 Å². The molecule has 29 heavy (non-hydrogen) atoms. The van der Waals surface area contributed by atoms with Crippen molar-refractivity contribution in [3.63, 3.8) is 0 Å². The van der Waals surface area contributed by atoms with Crippen molar-refractivity contribution in [1.29, 1.82) is 0 Å². The summed E-state index contributed by atoms with van der Waals surface area (Å²) in [4.78, 5) is 4.45. The molecule has 1 aliphatic rings. The van der Waals surface area contributed by atoms with Gasteiger partial charge in [-0.3, -0.25) is 4.90 Å². The van der Waals surface area contributed by atoms with Gasteiger partial charge in [-0.05, 0) is 29.3 Å². The second-order valence-corrected chi connectivity index (χ2v) is 7.30. The van der Waals surface area contributed by atoms with Crippen LogP contribution in [-0.4, -0.2) is 31.1 Å². The van der Waals surface area contributed by atoms with Crippen LogP contribution in [0.4, 0.5) is 18.9 Å². The monoisotopic (exact) mass is 396 g/mol. The molecule has 1 aliphatic heterocycles. The van der Waals surface area contributed by atoms with Crippen molar-refractivity contribution in [2.75, 3.05) is 31.1 Å². The lowest BCUT2D eigenvalue weighted by Crippen LogP contribution is -2.48. The van der Waals surface area contributed by atoms with Gasteiger partial charge < -0.3 is 4.90 Å². The average molecular weight is 396 g/mol. The summed E-state index contributed by atoms with van der Waals surface area (Å²) in [5.41, 5.74) is 2.50. The summed E-state index contributed by atoms with van der Waals surface area (Å²) in [5.74, 6) is 0. The predicted molar refractivity (Wildman–Crippen MR) is 110 cm³/mol. The molecule has 150 valence electrons. The minimum Gasteiger partial charge on any atom is -0.369 e. The summed E-state index contributed by atoms with van der Waals surface area (Å²) >= 11 is 0. The van der Waals surface area contributed by atoms with Crippen LogP contribution in [0.15, 0.2) is 84.9 Å². The van der Waals surface area contributed by atoms with Gasteiger partial charge >= 0.3 is 6.18 Å². The Morgan fingerprint density at radius 1 is 0.655 bits per heavy atom. The summed E-state index contributed by atoms with van der Waals surface area (Å²) in [6, 6.07) is 26.5. The largest absolute Gasteiger partial charge is 0.416 e. The van der Waals surface area contributed by atoms with Gasteiger partial charge in [0.15, 0.2) is 0 Å². The summed E-state index contributed by atoms with van der Waals surface area (Å²) in [5, 5.41) is 0. The van der Waals surface area contributed by atoms with Crippen molar-refractivity contribution in [1.82, 2.24) is 4.90 Å². The summed E-state index contributed by atoms with van der Waals surface area (Å²) in [7, 11) is 0. The van der Waals surface area contributed by atoms with Crippen LogP contribution in [0.5, 0.6) is 0 Å². The Kier molecular flexibility index (Phi) is 5.58. The highest BCUT2D eigenvalue weighted by Gasteiger charge is 2.31. The lowest BCUT2D eigenvalue weighted by Gasteiger charge is -2.40. The second-order valence-electron chi connectivity index (χ2n) is 7.30. The lowest BCUT2D eigenvalue weighted by atomic mass is 9.96. The fourth-order valence-electron chi connectivity index (χ4n) is 4.00. The van der Waals surface area contributed by atoms with Crippen molar-refractivity contribution in [2.24, 2.45) is 0 Å². The number of halogens is 3. The number of benzene rings is 3. The van der Waals surface area contributed by atoms with Gasteiger partial charge in [0.05, 0.1) is 11.6 Å². The van der Waals surface area contributed by atoms with Crippen LogP contribution in [-0.2, 0) is 6.18 Å². The Morgan fingerprint density at radius 2 is 1.21 bits per heavy atom. The predicted octanol–water partition coefficient (Wildman–Crippen LogP) is 5.62. The van der Waals surface area contributed by atoms with Crippen LogP contribution in [0.25, 0.3) is 0 Å². The standard InChI is InChI=1S/C24H23F3N2/c25-24(26,27)21-12-7-13-22(18-21)28-14-16-29(17-15-28)23(19-8-3-1-4-9-19)20-10-5-2-6-11-20/h1-13,18,23H,14-17H2. The van der Waals surface area contributed by atoms with E-state index >= 15 is 0 Å². The Hall–Kier alpha value is -2.79. The first kappa shape index (κ1) is 19.5. The molecular formula is C24H23F3N2. The first-order chi connectivity index (χ1) is 14.0. The number of hydrogen-bond donors (Lipinski definition) is 0. The number of piperazine rings is 1. The van der Waals surface area contributed by atoms with Crippen LogP contribution < -0.4 is 4.90 Å². The summed E-state index contributed by atoms with van der Waals surface area (Å²) < 4.78 is 39.2. The molecule has 0 atom stereocenters. The maximum Gasteiger partial charge on any atom is 0.416 e. The van der Waals surface area contributed by atoms with Gasteiger partial charge in [0.1, 0.15) is 0 Å². The first-order valence-corrected chi connectivity index (χ1v) is 9.78. The molecule has 4 rings (SSSR count).